The normalized spacial score (nSPS) is 21.8. The third-order valence-corrected chi connectivity index (χ3v) is 5.18. The Bertz CT molecular complexity index is 570. The quantitative estimate of drug-likeness (QED) is 0.617. The summed E-state index contributed by atoms with van der Waals surface area (Å²) < 4.78 is 10.7. The van der Waals surface area contributed by atoms with Gasteiger partial charge in [-0.1, -0.05) is 12.1 Å². The predicted molar refractivity (Wildman–Crippen MR) is 105 cm³/mol. The summed E-state index contributed by atoms with van der Waals surface area (Å²) in [5.41, 5.74) is 1.29. The van der Waals surface area contributed by atoms with Crippen LogP contribution in [0.25, 0.3) is 0 Å². The van der Waals surface area contributed by atoms with Crippen molar-refractivity contribution in [2.75, 3.05) is 59.6 Å². The SMILES string of the molecule is CCNC(=NCCc1ccc(OC)cc1)N1CCC(N2CCOCC2)C1. The summed E-state index contributed by atoms with van der Waals surface area (Å²) in [4.78, 5) is 9.86. The lowest BCUT2D eigenvalue weighted by Gasteiger charge is -2.32. The standard InChI is InChI=1S/C20H32N4O2/c1-3-21-20(22-10-8-17-4-6-19(25-2)7-5-17)24-11-9-18(16-24)23-12-14-26-15-13-23/h4-7,18H,3,8-16H2,1-2H3,(H,21,22). The van der Waals surface area contributed by atoms with E-state index < -0.39 is 0 Å². The molecule has 26 heavy (non-hydrogen) atoms. The molecule has 6 nitrogen and oxygen atoms in total. The van der Waals surface area contributed by atoms with Crippen LogP contribution in [0.5, 0.6) is 5.75 Å². The highest BCUT2D eigenvalue weighted by molar-refractivity contribution is 5.80. The lowest BCUT2D eigenvalue weighted by Crippen LogP contribution is -2.46. The maximum atomic E-state index is 5.48. The van der Waals surface area contributed by atoms with E-state index in [9.17, 15) is 0 Å². The number of hydrogen-bond donors (Lipinski definition) is 1. The summed E-state index contributed by atoms with van der Waals surface area (Å²) in [6.07, 6.45) is 2.16. The Morgan fingerprint density at radius 3 is 2.69 bits per heavy atom. The second kappa shape index (κ2) is 9.78. The molecule has 1 aromatic rings. The maximum Gasteiger partial charge on any atom is 0.193 e. The fraction of sp³-hybridized carbons (Fsp3) is 0.650. The summed E-state index contributed by atoms with van der Waals surface area (Å²) in [6.45, 7) is 9.83. The highest BCUT2D eigenvalue weighted by atomic mass is 16.5. The van der Waals surface area contributed by atoms with Crippen molar-refractivity contribution in [1.29, 1.82) is 0 Å². The number of benzene rings is 1. The van der Waals surface area contributed by atoms with E-state index in [1.54, 1.807) is 7.11 Å². The number of likely N-dealkylation sites (tertiary alicyclic amines) is 1. The van der Waals surface area contributed by atoms with Gasteiger partial charge in [0.25, 0.3) is 0 Å². The molecule has 0 radical (unpaired) electrons. The molecule has 2 heterocycles. The van der Waals surface area contributed by atoms with E-state index in [1.807, 2.05) is 12.1 Å². The molecule has 2 aliphatic heterocycles. The first-order valence-electron chi connectivity index (χ1n) is 9.78. The molecule has 144 valence electrons. The minimum Gasteiger partial charge on any atom is -0.497 e. The van der Waals surface area contributed by atoms with E-state index in [0.717, 1.165) is 70.6 Å². The zero-order chi connectivity index (χ0) is 18.2. The lowest BCUT2D eigenvalue weighted by molar-refractivity contribution is 0.0195. The molecule has 1 unspecified atom stereocenters. The third kappa shape index (κ3) is 5.11. The smallest absolute Gasteiger partial charge is 0.193 e. The van der Waals surface area contributed by atoms with Gasteiger partial charge < -0.3 is 19.7 Å². The number of hydrogen-bond acceptors (Lipinski definition) is 4. The second-order valence-corrected chi connectivity index (χ2v) is 6.87. The molecule has 2 aliphatic rings. The van der Waals surface area contributed by atoms with Gasteiger partial charge in [-0.15, -0.1) is 0 Å². The minimum atomic E-state index is 0.629. The van der Waals surface area contributed by atoms with Gasteiger partial charge in [-0.25, -0.2) is 0 Å². The molecule has 2 fully saturated rings. The molecule has 0 aromatic heterocycles. The van der Waals surface area contributed by atoms with E-state index in [-0.39, 0.29) is 0 Å². The second-order valence-electron chi connectivity index (χ2n) is 6.87. The monoisotopic (exact) mass is 360 g/mol. The minimum absolute atomic E-state index is 0.629. The molecular weight excluding hydrogens is 328 g/mol. The largest absolute Gasteiger partial charge is 0.497 e. The summed E-state index contributed by atoms with van der Waals surface area (Å²) in [5, 5.41) is 3.47. The van der Waals surface area contributed by atoms with E-state index in [0.29, 0.717) is 6.04 Å². The molecule has 6 heteroatoms. The number of guanidine groups is 1. The molecule has 1 N–H and O–H groups in total. The van der Waals surface area contributed by atoms with Gasteiger partial charge in [0.1, 0.15) is 5.75 Å². The van der Waals surface area contributed by atoms with E-state index >= 15 is 0 Å². The first-order chi connectivity index (χ1) is 12.8. The molecule has 2 saturated heterocycles. The van der Waals surface area contributed by atoms with Gasteiger partial charge in [0.2, 0.25) is 0 Å². The van der Waals surface area contributed by atoms with Crippen LogP contribution in [0, 0.1) is 0 Å². The Balaban J connectivity index is 1.53. The average Bonchev–Trinajstić information content (AvgIpc) is 3.19. The Kier molecular flexibility index (Phi) is 7.14. The fourth-order valence-electron chi connectivity index (χ4n) is 3.68. The molecule has 0 saturated carbocycles. The molecule has 3 rings (SSSR count). The van der Waals surface area contributed by atoms with Crippen LogP contribution in [0.2, 0.25) is 0 Å². The highest BCUT2D eigenvalue weighted by Gasteiger charge is 2.30. The number of nitrogens with zero attached hydrogens (tertiary/aromatic N) is 3. The van der Waals surface area contributed by atoms with Gasteiger partial charge >= 0.3 is 0 Å². The number of aliphatic imine (C=N–C) groups is 1. The van der Waals surface area contributed by atoms with Crippen LogP contribution >= 0.6 is 0 Å². The van der Waals surface area contributed by atoms with Crippen LogP contribution in [0.15, 0.2) is 29.3 Å². The van der Waals surface area contributed by atoms with Gasteiger partial charge in [0.05, 0.1) is 20.3 Å². The van der Waals surface area contributed by atoms with Crippen molar-refractivity contribution < 1.29 is 9.47 Å². The zero-order valence-corrected chi connectivity index (χ0v) is 16.1. The third-order valence-electron chi connectivity index (χ3n) is 5.18. The van der Waals surface area contributed by atoms with Gasteiger partial charge in [0.15, 0.2) is 5.96 Å². The van der Waals surface area contributed by atoms with Crippen LogP contribution in [0.1, 0.15) is 18.9 Å². The Labute approximate surface area is 157 Å². The fourth-order valence-corrected chi connectivity index (χ4v) is 3.68. The number of ether oxygens (including phenoxy) is 2. The average molecular weight is 361 g/mol. The Hall–Kier alpha value is -1.79. The number of nitrogens with one attached hydrogen (secondary N) is 1. The topological polar surface area (TPSA) is 49.3 Å². The number of morpholine rings is 1. The van der Waals surface area contributed by atoms with Crippen LogP contribution in [-0.2, 0) is 11.2 Å². The van der Waals surface area contributed by atoms with Crippen molar-refractivity contribution in [3.8, 4) is 5.75 Å². The van der Waals surface area contributed by atoms with Gasteiger partial charge in [-0.3, -0.25) is 9.89 Å². The number of rotatable bonds is 6. The van der Waals surface area contributed by atoms with Gasteiger partial charge in [0, 0.05) is 45.3 Å². The molecule has 0 amide bonds. The van der Waals surface area contributed by atoms with E-state index in [1.165, 1.54) is 12.0 Å². The van der Waals surface area contributed by atoms with Crippen molar-refractivity contribution in [2.45, 2.75) is 25.8 Å². The molecule has 0 spiro atoms. The van der Waals surface area contributed by atoms with Crippen molar-refractivity contribution in [2.24, 2.45) is 4.99 Å². The Morgan fingerprint density at radius 1 is 1.23 bits per heavy atom. The first-order valence-corrected chi connectivity index (χ1v) is 9.78. The molecule has 0 bridgehead atoms. The lowest BCUT2D eigenvalue weighted by atomic mass is 10.1. The summed E-state index contributed by atoms with van der Waals surface area (Å²) >= 11 is 0. The first kappa shape index (κ1) is 19.0. The molecule has 1 atom stereocenters. The molecule has 0 aliphatic carbocycles. The van der Waals surface area contributed by atoms with Crippen LogP contribution in [-0.4, -0.2) is 81.4 Å². The van der Waals surface area contributed by atoms with Crippen molar-refractivity contribution in [3.05, 3.63) is 29.8 Å². The van der Waals surface area contributed by atoms with Crippen LogP contribution in [0.4, 0.5) is 0 Å². The van der Waals surface area contributed by atoms with E-state index in [4.69, 9.17) is 14.5 Å². The summed E-state index contributed by atoms with van der Waals surface area (Å²) in [5.74, 6) is 1.95. The van der Waals surface area contributed by atoms with Crippen molar-refractivity contribution >= 4 is 5.96 Å². The number of methoxy groups -OCH3 is 1. The van der Waals surface area contributed by atoms with E-state index in [2.05, 4.69) is 34.2 Å². The molecular formula is C20H32N4O2. The van der Waals surface area contributed by atoms with Crippen molar-refractivity contribution in [3.63, 3.8) is 0 Å². The van der Waals surface area contributed by atoms with Crippen molar-refractivity contribution in [1.82, 2.24) is 15.1 Å². The zero-order valence-electron chi connectivity index (χ0n) is 16.1. The summed E-state index contributed by atoms with van der Waals surface area (Å²) in [6, 6.07) is 8.89. The van der Waals surface area contributed by atoms with Crippen LogP contribution in [0.3, 0.4) is 0 Å². The summed E-state index contributed by atoms with van der Waals surface area (Å²) in [7, 11) is 1.70. The predicted octanol–water partition coefficient (Wildman–Crippen LogP) is 1.61. The molecule has 1 aromatic carbocycles. The Morgan fingerprint density at radius 2 is 2.00 bits per heavy atom. The van der Waals surface area contributed by atoms with Gasteiger partial charge in [-0.2, -0.15) is 0 Å². The maximum absolute atomic E-state index is 5.48. The van der Waals surface area contributed by atoms with Gasteiger partial charge in [-0.05, 0) is 37.5 Å². The highest BCUT2D eigenvalue weighted by Crippen LogP contribution is 2.17. The van der Waals surface area contributed by atoms with Crippen LogP contribution < -0.4 is 10.1 Å².